The molecule has 0 saturated heterocycles. The minimum absolute atomic E-state index is 0.00321. The predicted molar refractivity (Wildman–Crippen MR) is 129 cm³/mol. The maximum Gasteiger partial charge on any atom is 0.254 e. The van der Waals surface area contributed by atoms with E-state index in [1.807, 2.05) is 36.4 Å². The first-order valence-corrected chi connectivity index (χ1v) is 11.4. The van der Waals surface area contributed by atoms with Crippen LogP contribution >= 0.6 is 0 Å². The quantitative estimate of drug-likeness (QED) is 0.541. The summed E-state index contributed by atoms with van der Waals surface area (Å²) in [7, 11) is 0. The summed E-state index contributed by atoms with van der Waals surface area (Å²) in [5.41, 5.74) is 3.13. The van der Waals surface area contributed by atoms with Gasteiger partial charge in [0, 0.05) is 47.8 Å². The highest BCUT2D eigenvalue weighted by Gasteiger charge is 2.45. The monoisotopic (exact) mass is 471 g/mol. The zero-order valence-corrected chi connectivity index (χ0v) is 19.0. The van der Waals surface area contributed by atoms with Crippen molar-refractivity contribution in [2.24, 2.45) is 10.9 Å². The van der Waals surface area contributed by atoms with Crippen LogP contribution in [0, 0.1) is 17.6 Å². The van der Waals surface area contributed by atoms with Gasteiger partial charge < -0.3 is 5.32 Å². The number of pyridine rings is 1. The molecule has 5 nitrogen and oxygen atoms in total. The zero-order chi connectivity index (χ0) is 24.5. The van der Waals surface area contributed by atoms with Gasteiger partial charge in [0.2, 0.25) is 0 Å². The number of nitrogens with zero attached hydrogens (tertiary/aromatic N) is 2. The van der Waals surface area contributed by atoms with E-state index in [1.54, 1.807) is 25.4 Å². The maximum atomic E-state index is 14.3. The molecule has 1 N–H and O–H groups in total. The molecule has 5 rings (SSSR count). The summed E-state index contributed by atoms with van der Waals surface area (Å²) in [6.45, 7) is 1.72. The first-order chi connectivity index (χ1) is 16.9. The van der Waals surface area contributed by atoms with Crippen molar-refractivity contribution in [2.45, 2.75) is 31.6 Å². The number of allylic oxidation sites excluding steroid dienone is 1. The molecule has 1 fully saturated rings. The largest absolute Gasteiger partial charge is 0.320 e. The van der Waals surface area contributed by atoms with Crippen LogP contribution in [0.1, 0.15) is 42.7 Å². The number of carbonyl (C=O) groups excluding carboxylic acids is 2. The van der Waals surface area contributed by atoms with Gasteiger partial charge in [0.25, 0.3) is 5.91 Å². The van der Waals surface area contributed by atoms with Crippen LogP contribution in [-0.4, -0.2) is 22.4 Å². The number of amides is 1. The molecule has 1 aromatic heterocycles. The Hall–Kier alpha value is -4.00. The second kappa shape index (κ2) is 9.33. The standard InChI is InChI=1S/C28H23F2N3O2/c1-16-25(28(35)33-22-10-9-20(29)14-21(22)30)26(18-8-5-11-31-15-18)27-23(32-16)12-19(13-24(27)34)17-6-3-2-4-7-17/h2-11,14-15,19,26-27H,12-13H2,1H3,(H,33,35)/t19-,26+,27-/m0/s1. The first kappa shape index (κ1) is 22.8. The Balaban J connectivity index is 1.56. The minimum atomic E-state index is -0.881. The lowest BCUT2D eigenvalue weighted by molar-refractivity contribution is -0.122. The fourth-order valence-corrected chi connectivity index (χ4v) is 5.13. The normalized spacial score (nSPS) is 21.9. The Labute approximate surface area is 201 Å². The number of ketones is 1. The lowest BCUT2D eigenvalue weighted by Crippen LogP contribution is -2.41. The van der Waals surface area contributed by atoms with Gasteiger partial charge in [-0.1, -0.05) is 36.4 Å². The molecular formula is C28H23F2N3O2. The van der Waals surface area contributed by atoms with E-state index in [0.29, 0.717) is 30.2 Å². The number of hydrogen-bond acceptors (Lipinski definition) is 4. The SMILES string of the molecule is CC1=C(C(=O)Nc2ccc(F)cc2F)[C@@H](c2cccnc2)[C@@H]2C(=O)C[C@@H](c3ccccc3)CC2=N1. The van der Waals surface area contributed by atoms with Gasteiger partial charge in [0.05, 0.1) is 11.6 Å². The molecule has 1 aliphatic carbocycles. The minimum Gasteiger partial charge on any atom is -0.320 e. The predicted octanol–water partition coefficient (Wildman–Crippen LogP) is 5.57. The van der Waals surface area contributed by atoms with Gasteiger partial charge in [-0.25, -0.2) is 8.78 Å². The van der Waals surface area contributed by atoms with Crippen molar-refractivity contribution < 1.29 is 18.4 Å². The lowest BCUT2D eigenvalue weighted by atomic mass is 9.66. The third-order valence-electron chi connectivity index (χ3n) is 6.69. The van der Waals surface area contributed by atoms with Crippen LogP contribution in [0.4, 0.5) is 14.5 Å². The molecule has 2 heterocycles. The molecule has 0 unspecified atom stereocenters. The van der Waals surface area contributed by atoms with Crippen LogP contribution in [0.15, 0.2) is 89.3 Å². The summed E-state index contributed by atoms with van der Waals surface area (Å²) >= 11 is 0. The number of halogens is 2. The van der Waals surface area contributed by atoms with E-state index in [9.17, 15) is 18.4 Å². The van der Waals surface area contributed by atoms with E-state index in [0.717, 1.165) is 17.3 Å². The van der Waals surface area contributed by atoms with E-state index in [1.165, 1.54) is 6.07 Å². The van der Waals surface area contributed by atoms with E-state index >= 15 is 0 Å². The molecule has 3 atom stereocenters. The number of fused-ring (bicyclic) bond motifs is 1. The fraction of sp³-hybridized carbons (Fsp3) is 0.214. The third kappa shape index (κ3) is 4.41. The summed E-state index contributed by atoms with van der Waals surface area (Å²) in [4.78, 5) is 35.9. The van der Waals surface area contributed by atoms with Crippen molar-refractivity contribution in [3.8, 4) is 0 Å². The number of aromatic nitrogens is 1. The topological polar surface area (TPSA) is 71.4 Å². The van der Waals surface area contributed by atoms with Gasteiger partial charge in [0.15, 0.2) is 0 Å². The molecule has 2 aliphatic rings. The van der Waals surface area contributed by atoms with Crippen molar-refractivity contribution in [3.05, 3.63) is 107 Å². The fourth-order valence-electron chi connectivity index (χ4n) is 5.13. The number of anilines is 1. The van der Waals surface area contributed by atoms with Crippen molar-refractivity contribution in [2.75, 3.05) is 5.32 Å². The molecular weight excluding hydrogens is 448 g/mol. The van der Waals surface area contributed by atoms with Gasteiger partial charge >= 0.3 is 0 Å². The van der Waals surface area contributed by atoms with Gasteiger partial charge in [0.1, 0.15) is 17.4 Å². The van der Waals surface area contributed by atoms with Crippen molar-refractivity contribution >= 4 is 23.1 Å². The maximum absolute atomic E-state index is 14.3. The molecule has 1 amide bonds. The van der Waals surface area contributed by atoms with Crippen LogP contribution in [0.3, 0.4) is 0 Å². The van der Waals surface area contributed by atoms with Crippen LogP contribution in [0.2, 0.25) is 0 Å². The van der Waals surface area contributed by atoms with Crippen LogP contribution < -0.4 is 5.32 Å². The average Bonchev–Trinajstić information content (AvgIpc) is 2.85. The molecule has 0 bridgehead atoms. The highest BCUT2D eigenvalue weighted by molar-refractivity contribution is 6.14. The van der Waals surface area contributed by atoms with Crippen LogP contribution in [0.5, 0.6) is 0 Å². The zero-order valence-electron chi connectivity index (χ0n) is 19.0. The Morgan fingerprint density at radius 2 is 1.74 bits per heavy atom. The highest BCUT2D eigenvalue weighted by atomic mass is 19.1. The summed E-state index contributed by atoms with van der Waals surface area (Å²) in [5.74, 6) is -3.40. The molecule has 7 heteroatoms. The van der Waals surface area contributed by atoms with Crippen molar-refractivity contribution in [1.29, 1.82) is 0 Å². The molecule has 0 radical (unpaired) electrons. The number of aliphatic imine (C=N–C) groups is 1. The second-order valence-corrected chi connectivity index (χ2v) is 8.90. The summed E-state index contributed by atoms with van der Waals surface area (Å²) in [6.07, 6.45) is 4.21. The van der Waals surface area contributed by atoms with Gasteiger partial charge in [-0.05, 0) is 48.6 Å². The summed E-state index contributed by atoms with van der Waals surface area (Å²) in [5, 5.41) is 2.54. The van der Waals surface area contributed by atoms with Gasteiger partial charge in [-0.15, -0.1) is 0 Å². The number of hydrogen-bond donors (Lipinski definition) is 1. The van der Waals surface area contributed by atoms with Gasteiger partial charge in [-0.2, -0.15) is 0 Å². The molecule has 3 aromatic rings. The first-order valence-electron chi connectivity index (χ1n) is 11.4. The molecule has 1 aliphatic heterocycles. The smallest absolute Gasteiger partial charge is 0.254 e. The van der Waals surface area contributed by atoms with Crippen molar-refractivity contribution in [3.63, 3.8) is 0 Å². The molecule has 0 spiro atoms. The van der Waals surface area contributed by atoms with Crippen LogP contribution in [-0.2, 0) is 9.59 Å². The highest BCUT2D eigenvalue weighted by Crippen LogP contribution is 2.45. The van der Waals surface area contributed by atoms with Gasteiger partial charge in [-0.3, -0.25) is 19.6 Å². The van der Waals surface area contributed by atoms with Crippen LogP contribution in [0.25, 0.3) is 0 Å². The number of benzene rings is 2. The Morgan fingerprint density at radius 1 is 0.971 bits per heavy atom. The van der Waals surface area contributed by atoms with E-state index in [-0.39, 0.29) is 23.0 Å². The number of nitrogens with one attached hydrogen (secondary N) is 1. The molecule has 35 heavy (non-hydrogen) atoms. The lowest BCUT2D eigenvalue weighted by Gasteiger charge is -2.38. The summed E-state index contributed by atoms with van der Waals surface area (Å²) < 4.78 is 27.6. The van der Waals surface area contributed by atoms with E-state index in [4.69, 9.17) is 4.99 Å². The Morgan fingerprint density at radius 3 is 2.46 bits per heavy atom. The number of rotatable bonds is 4. The van der Waals surface area contributed by atoms with E-state index in [2.05, 4.69) is 10.3 Å². The third-order valence-corrected chi connectivity index (χ3v) is 6.69. The second-order valence-electron chi connectivity index (χ2n) is 8.90. The average molecular weight is 472 g/mol. The number of Topliss-reactive ketones (excluding diaryl/α,β-unsaturated/α-hetero) is 1. The molecule has 176 valence electrons. The van der Waals surface area contributed by atoms with E-state index < -0.39 is 29.4 Å². The van der Waals surface area contributed by atoms with Crippen molar-refractivity contribution in [1.82, 2.24) is 4.98 Å². The molecule has 2 aromatic carbocycles. The molecule has 1 saturated carbocycles. The number of carbonyl (C=O) groups is 2. The Bertz CT molecular complexity index is 1350. The summed E-state index contributed by atoms with van der Waals surface area (Å²) in [6, 6.07) is 16.4. The Kier molecular flexibility index (Phi) is 6.07.